The van der Waals surface area contributed by atoms with E-state index in [4.69, 9.17) is 4.74 Å². The van der Waals surface area contributed by atoms with Gasteiger partial charge >= 0.3 is 0 Å². The van der Waals surface area contributed by atoms with Crippen molar-refractivity contribution < 1.29 is 17.9 Å². The Kier molecular flexibility index (Phi) is 5.05. The van der Waals surface area contributed by atoms with E-state index in [0.717, 1.165) is 17.3 Å². The van der Waals surface area contributed by atoms with E-state index in [1.165, 1.54) is 4.31 Å². The molecule has 0 saturated carbocycles. The van der Waals surface area contributed by atoms with Crippen LogP contribution in [0.2, 0.25) is 0 Å². The van der Waals surface area contributed by atoms with Crippen molar-refractivity contribution in [2.75, 3.05) is 32.8 Å². The molecule has 2 fully saturated rings. The standard InChI is InChI=1S/C15H19BrN2O4S/c16-12-3-1-4-13(11-12)23(20,21)18-8-6-17(7-9-18)15(19)14-5-2-10-22-14/h1,3-4,11,14H,2,5-10H2. The van der Waals surface area contributed by atoms with E-state index >= 15 is 0 Å². The molecule has 1 atom stereocenters. The summed E-state index contributed by atoms with van der Waals surface area (Å²) in [6, 6.07) is 6.68. The van der Waals surface area contributed by atoms with E-state index in [1.807, 2.05) is 0 Å². The highest BCUT2D eigenvalue weighted by Gasteiger charge is 2.33. The molecule has 23 heavy (non-hydrogen) atoms. The molecule has 2 heterocycles. The lowest BCUT2D eigenvalue weighted by atomic mass is 10.2. The van der Waals surface area contributed by atoms with Gasteiger partial charge in [-0.15, -0.1) is 0 Å². The van der Waals surface area contributed by atoms with Gasteiger partial charge in [0, 0.05) is 37.3 Å². The first-order valence-corrected chi connectivity index (χ1v) is 9.88. The van der Waals surface area contributed by atoms with Gasteiger partial charge in [-0.1, -0.05) is 22.0 Å². The van der Waals surface area contributed by atoms with Crippen LogP contribution in [0, 0.1) is 0 Å². The zero-order valence-corrected chi connectivity index (χ0v) is 15.1. The molecule has 1 unspecified atom stereocenters. The summed E-state index contributed by atoms with van der Waals surface area (Å²) in [6.07, 6.45) is 1.33. The topological polar surface area (TPSA) is 66.9 Å². The summed E-state index contributed by atoms with van der Waals surface area (Å²) in [5.41, 5.74) is 0. The summed E-state index contributed by atoms with van der Waals surface area (Å²) >= 11 is 3.30. The number of amides is 1. The molecule has 2 aliphatic rings. The number of halogens is 1. The second kappa shape index (κ2) is 6.88. The second-order valence-corrected chi connectivity index (χ2v) is 8.54. The minimum Gasteiger partial charge on any atom is -0.368 e. The van der Waals surface area contributed by atoms with Gasteiger partial charge in [-0.05, 0) is 31.0 Å². The third-order valence-corrected chi connectivity index (χ3v) is 6.58. The highest BCUT2D eigenvalue weighted by Crippen LogP contribution is 2.22. The van der Waals surface area contributed by atoms with Crippen LogP contribution < -0.4 is 0 Å². The SMILES string of the molecule is O=C(C1CCCO1)N1CCN(S(=O)(=O)c2cccc(Br)c2)CC1. The summed E-state index contributed by atoms with van der Waals surface area (Å²) in [4.78, 5) is 14.3. The highest BCUT2D eigenvalue weighted by atomic mass is 79.9. The zero-order chi connectivity index (χ0) is 16.4. The number of piperazine rings is 1. The molecule has 6 nitrogen and oxygen atoms in total. The molecule has 0 radical (unpaired) electrons. The van der Waals surface area contributed by atoms with Gasteiger partial charge in [0.15, 0.2) is 0 Å². The Balaban J connectivity index is 1.65. The molecular formula is C15H19BrN2O4S. The number of nitrogens with zero attached hydrogens (tertiary/aromatic N) is 2. The van der Waals surface area contributed by atoms with Gasteiger partial charge in [-0.2, -0.15) is 4.31 Å². The number of sulfonamides is 1. The first kappa shape index (κ1) is 16.9. The van der Waals surface area contributed by atoms with E-state index in [2.05, 4.69) is 15.9 Å². The number of ether oxygens (including phenoxy) is 1. The molecule has 3 rings (SSSR count). The summed E-state index contributed by atoms with van der Waals surface area (Å²) in [6.45, 7) is 2.08. The smallest absolute Gasteiger partial charge is 0.251 e. The molecule has 0 aromatic heterocycles. The molecule has 0 bridgehead atoms. The maximum atomic E-state index is 12.6. The van der Waals surface area contributed by atoms with Crippen molar-refractivity contribution in [2.24, 2.45) is 0 Å². The molecule has 126 valence electrons. The number of rotatable bonds is 3. The van der Waals surface area contributed by atoms with Crippen LogP contribution in [0.3, 0.4) is 0 Å². The van der Waals surface area contributed by atoms with Crippen molar-refractivity contribution in [3.05, 3.63) is 28.7 Å². The highest BCUT2D eigenvalue weighted by molar-refractivity contribution is 9.10. The van der Waals surface area contributed by atoms with Crippen molar-refractivity contribution in [2.45, 2.75) is 23.8 Å². The Bertz CT molecular complexity index is 680. The normalized spacial score (nSPS) is 23.2. The average Bonchev–Trinajstić information content (AvgIpc) is 3.09. The Morgan fingerprint density at radius 1 is 1.22 bits per heavy atom. The van der Waals surface area contributed by atoms with Crippen LogP contribution in [0.4, 0.5) is 0 Å². The molecule has 0 N–H and O–H groups in total. The van der Waals surface area contributed by atoms with Crippen LogP contribution in [0.15, 0.2) is 33.6 Å². The summed E-state index contributed by atoms with van der Waals surface area (Å²) < 4.78 is 32.9. The summed E-state index contributed by atoms with van der Waals surface area (Å²) in [5.74, 6) is -0.0120. The first-order chi connectivity index (χ1) is 11.0. The number of hydrogen-bond donors (Lipinski definition) is 0. The summed E-state index contributed by atoms with van der Waals surface area (Å²) in [5, 5.41) is 0. The fourth-order valence-corrected chi connectivity index (χ4v) is 4.92. The van der Waals surface area contributed by atoms with Crippen molar-refractivity contribution >= 4 is 31.9 Å². The monoisotopic (exact) mass is 402 g/mol. The van der Waals surface area contributed by atoms with Gasteiger partial charge in [0.1, 0.15) is 6.10 Å². The Labute approximate surface area is 144 Å². The van der Waals surface area contributed by atoms with E-state index in [1.54, 1.807) is 29.2 Å². The van der Waals surface area contributed by atoms with E-state index in [9.17, 15) is 13.2 Å². The van der Waals surface area contributed by atoms with Crippen LogP contribution in [0.25, 0.3) is 0 Å². The first-order valence-electron chi connectivity index (χ1n) is 7.64. The maximum absolute atomic E-state index is 12.6. The fraction of sp³-hybridized carbons (Fsp3) is 0.533. The van der Waals surface area contributed by atoms with E-state index < -0.39 is 10.0 Å². The number of carbonyl (C=O) groups is 1. The molecule has 1 amide bonds. The molecule has 0 aliphatic carbocycles. The Hall–Kier alpha value is -0.960. The quantitative estimate of drug-likeness (QED) is 0.767. The van der Waals surface area contributed by atoms with Gasteiger partial charge in [0.25, 0.3) is 5.91 Å². The second-order valence-electron chi connectivity index (χ2n) is 5.69. The number of hydrogen-bond acceptors (Lipinski definition) is 4. The molecule has 1 aromatic rings. The number of benzene rings is 1. The van der Waals surface area contributed by atoms with Crippen LogP contribution in [-0.2, 0) is 19.6 Å². The predicted octanol–water partition coefficient (Wildman–Crippen LogP) is 1.46. The molecule has 8 heteroatoms. The van der Waals surface area contributed by atoms with Crippen LogP contribution in [-0.4, -0.2) is 62.4 Å². The largest absolute Gasteiger partial charge is 0.368 e. The maximum Gasteiger partial charge on any atom is 0.251 e. The molecule has 2 aliphatic heterocycles. The third kappa shape index (κ3) is 3.60. The van der Waals surface area contributed by atoms with Crippen molar-refractivity contribution in [1.82, 2.24) is 9.21 Å². The van der Waals surface area contributed by atoms with Crippen molar-refractivity contribution in [1.29, 1.82) is 0 Å². The molecule has 1 aromatic carbocycles. The Morgan fingerprint density at radius 3 is 2.57 bits per heavy atom. The fourth-order valence-electron chi connectivity index (χ4n) is 2.90. The number of carbonyl (C=O) groups excluding carboxylic acids is 1. The zero-order valence-electron chi connectivity index (χ0n) is 12.7. The Morgan fingerprint density at radius 2 is 1.96 bits per heavy atom. The average molecular weight is 403 g/mol. The lowest BCUT2D eigenvalue weighted by Crippen LogP contribution is -2.52. The van der Waals surface area contributed by atoms with Gasteiger partial charge in [0.05, 0.1) is 4.90 Å². The molecule has 2 saturated heterocycles. The summed E-state index contributed by atoms with van der Waals surface area (Å²) in [7, 11) is -3.52. The van der Waals surface area contributed by atoms with Crippen molar-refractivity contribution in [3.8, 4) is 0 Å². The van der Waals surface area contributed by atoms with E-state index in [0.29, 0.717) is 32.8 Å². The van der Waals surface area contributed by atoms with Crippen LogP contribution in [0.1, 0.15) is 12.8 Å². The molecule has 0 spiro atoms. The minimum atomic E-state index is -3.52. The predicted molar refractivity (Wildman–Crippen MR) is 88.5 cm³/mol. The van der Waals surface area contributed by atoms with E-state index in [-0.39, 0.29) is 16.9 Å². The van der Waals surface area contributed by atoms with Gasteiger partial charge in [-0.3, -0.25) is 4.79 Å². The van der Waals surface area contributed by atoms with Gasteiger partial charge in [-0.25, -0.2) is 8.42 Å². The van der Waals surface area contributed by atoms with Gasteiger partial charge in [0.2, 0.25) is 10.0 Å². The third-order valence-electron chi connectivity index (χ3n) is 4.19. The van der Waals surface area contributed by atoms with Crippen LogP contribution in [0.5, 0.6) is 0 Å². The van der Waals surface area contributed by atoms with Crippen LogP contribution >= 0.6 is 15.9 Å². The molecular weight excluding hydrogens is 384 g/mol. The lowest BCUT2D eigenvalue weighted by Gasteiger charge is -2.35. The minimum absolute atomic E-state index is 0.0120. The lowest BCUT2D eigenvalue weighted by molar-refractivity contribution is -0.142. The van der Waals surface area contributed by atoms with Crippen molar-refractivity contribution in [3.63, 3.8) is 0 Å². The van der Waals surface area contributed by atoms with Gasteiger partial charge < -0.3 is 9.64 Å².